The first-order valence-electron chi connectivity index (χ1n) is 7.21. The molecular formula is C12H18N5O6P. The number of ether oxygens (including phenoxy) is 1. The highest BCUT2D eigenvalue weighted by Gasteiger charge is 2.49. The van der Waals surface area contributed by atoms with Gasteiger partial charge in [-0.1, -0.05) is 0 Å². The maximum absolute atomic E-state index is 10.9. The molecule has 0 radical (unpaired) electrons. The van der Waals surface area contributed by atoms with Crippen LogP contribution in [0.25, 0.3) is 11.2 Å². The molecule has 0 aromatic carbocycles. The molecule has 1 aliphatic heterocycles. The molecule has 11 nitrogen and oxygen atoms in total. The monoisotopic (exact) mass is 359 g/mol. The summed E-state index contributed by atoms with van der Waals surface area (Å²) in [7, 11) is -4.15. The first-order chi connectivity index (χ1) is 11.2. The highest BCUT2D eigenvalue weighted by Crippen LogP contribution is 2.40. The van der Waals surface area contributed by atoms with Gasteiger partial charge in [0.15, 0.2) is 17.7 Å². The lowest BCUT2D eigenvalue weighted by Gasteiger charge is -2.26. The number of nitrogen functional groups attached to an aromatic ring is 1. The van der Waals surface area contributed by atoms with Crippen molar-refractivity contribution in [2.45, 2.75) is 30.8 Å². The molecule has 6 N–H and O–H groups in total. The number of fused-ring (bicyclic) bond motifs is 1. The molecule has 0 aliphatic carbocycles. The van der Waals surface area contributed by atoms with Gasteiger partial charge in [-0.05, 0) is 12.8 Å². The molecule has 0 spiro atoms. The van der Waals surface area contributed by atoms with Crippen LogP contribution in [0.1, 0.15) is 19.1 Å². The van der Waals surface area contributed by atoms with Crippen molar-refractivity contribution in [2.24, 2.45) is 0 Å². The van der Waals surface area contributed by atoms with E-state index >= 15 is 0 Å². The number of rotatable bonds is 5. The molecule has 24 heavy (non-hydrogen) atoms. The number of aliphatic hydroxyl groups excluding tert-OH is 1. The van der Waals surface area contributed by atoms with Crippen LogP contribution >= 0.6 is 7.60 Å². The minimum Gasteiger partial charge on any atom is -0.385 e. The maximum atomic E-state index is 10.9. The van der Waals surface area contributed by atoms with Gasteiger partial charge in [-0.2, -0.15) is 0 Å². The van der Waals surface area contributed by atoms with Gasteiger partial charge in [0.1, 0.15) is 23.5 Å². The zero-order chi connectivity index (χ0) is 17.5. The van der Waals surface area contributed by atoms with Crippen LogP contribution < -0.4 is 5.73 Å². The minimum absolute atomic E-state index is 0.0144. The van der Waals surface area contributed by atoms with Crippen LogP contribution in [-0.2, 0) is 9.30 Å². The van der Waals surface area contributed by atoms with Gasteiger partial charge in [0.25, 0.3) is 0 Å². The largest absolute Gasteiger partial charge is 0.385 e. The van der Waals surface area contributed by atoms with Gasteiger partial charge in [0.05, 0.1) is 12.9 Å². The van der Waals surface area contributed by atoms with E-state index in [1.54, 1.807) is 0 Å². The van der Waals surface area contributed by atoms with Crippen molar-refractivity contribution in [3.8, 4) is 0 Å². The topological polar surface area (TPSA) is 177 Å². The third-order valence-corrected chi connectivity index (χ3v) is 4.94. The van der Waals surface area contributed by atoms with Crippen LogP contribution in [0.15, 0.2) is 12.7 Å². The standard InChI is InChI=1S/C12H18N5O6P/c13-9-7-10(15-5-14-9)17(6-16-7)11-8(18)12(19,4-23-11)2-1-3-24(20,21)22/h5-6,8,11,18-19H,1-4H2,(H2,13,14,15)(H2,20,21,22)/t8-,11+,12+/m0/s1. The second kappa shape index (κ2) is 6.03. The molecule has 0 amide bonds. The minimum atomic E-state index is -4.15. The molecule has 1 aliphatic rings. The Morgan fingerprint density at radius 1 is 1.42 bits per heavy atom. The number of nitrogens with zero attached hydrogens (tertiary/aromatic N) is 4. The summed E-state index contributed by atoms with van der Waals surface area (Å²) in [5.74, 6) is 0.183. The summed E-state index contributed by atoms with van der Waals surface area (Å²) in [6.07, 6.45) is 0.0405. The Hall–Kier alpha value is -1.62. The SMILES string of the molecule is Nc1ncnc2c1ncn2[C@@H]1OC[C@](O)(CCCP(=O)(O)O)[C@H]1O. The lowest BCUT2D eigenvalue weighted by molar-refractivity contribution is -0.0648. The van der Waals surface area contributed by atoms with Gasteiger partial charge in [0, 0.05) is 6.16 Å². The van der Waals surface area contributed by atoms with Crippen molar-refractivity contribution in [1.82, 2.24) is 19.5 Å². The number of aliphatic hydroxyl groups is 2. The fraction of sp³-hybridized carbons (Fsp3) is 0.583. The molecule has 3 atom stereocenters. The molecule has 1 fully saturated rings. The molecule has 2 aromatic rings. The fourth-order valence-corrected chi connectivity index (χ4v) is 3.34. The van der Waals surface area contributed by atoms with E-state index in [4.69, 9.17) is 20.3 Å². The van der Waals surface area contributed by atoms with Gasteiger partial charge >= 0.3 is 7.60 Å². The van der Waals surface area contributed by atoms with Gasteiger partial charge in [-0.3, -0.25) is 9.13 Å². The third kappa shape index (κ3) is 3.14. The van der Waals surface area contributed by atoms with Crippen molar-refractivity contribution in [1.29, 1.82) is 0 Å². The summed E-state index contributed by atoms with van der Waals surface area (Å²) in [5.41, 5.74) is 4.80. The number of imidazole rings is 1. The average molecular weight is 359 g/mol. The van der Waals surface area contributed by atoms with E-state index in [2.05, 4.69) is 15.0 Å². The van der Waals surface area contributed by atoms with Crippen molar-refractivity contribution < 1.29 is 29.3 Å². The van der Waals surface area contributed by atoms with Gasteiger partial charge in [0.2, 0.25) is 0 Å². The fourth-order valence-electron chi connectivity index (χ4n) is 2.77. The summed E-state index contributed by atoms with van der Waals surface area (Å²) in [5, 5.41) is 21.0. The predicted molar refractivity (Wildman–Crippen MR) is 81.8 cm³/mol. The van der Waals surface area contributed by atoms with E-state index in [0.717, 1.165) is 0 Å². The zero-order valence-electron chi connectivity index (χ0n) is 12.6. The second-order valence-corrected chi connectivity index (χ2v) is 7.60. The smallest absolute Gasteiger partial charge is 0.325 e. The summed E-state index contributed by atoms with van der Waals surface area (Å²) in [6.45, 7) is -0.180. The zero-order valence-corrected chi connectivity index (χ0v) is 13.5. The molecule has 0 bridgehead atoms. The summed E-state index contributed by atoms with van der Waals surface area (Å²) < 4.78 is 17.8. The quantitative estimate of drug-likeness (QED) is 0.415. The van der Waals surface area contributed by atoms with E-state index < -0.39 is 25.5 Å². The molecule has 3 rings (SSSR count). The van der Waals surface area contributed by atoms with E-state index in [-0.39, 0.29) is 31.4 Å². The molecule has 0 unspecified atom stereocenters. The van der Waals surface area contributed by atoms with E-state index in [9.17, 15) is 14.8 Å². The summed E-state index contributed by atoms with van der Waals surface area (Å²) >= 11 is 0. The van der Waals surface area contributed by atoms with Gasteiger partial charge in [-0.15, -0.1) is 0 Å². The van der Waals surface area contributed by atoms with Crippen LogP contribution in [-0.4, -0.2) is 64.0 Å². The first-order valence-corrected chi connectivity index (χ1v) is 9.01. The number of hydrogen-bond donors (Lipinski definition) is 5. The Balaban J connectivity index is 1.79. The van der Waals surface area contributed by atoms with E-state index in [0.29, 0.717) is 11.2 Å². The molecule has 2 aromatic heterocycles. The van der Waals surface area contributed by atoms with E-state index in [1.807, 2.05) is 0 Å². The Morgan fingerprint density at radius 2 is 2.17 bits per heavy atom. The van der Waals surface area contributed by atoms with Crippen LogP contribution in [0.3, 0.4) is 0 Å². The molecule has 0 saturated carbocycles. The Labute approximate surface area is 136 Å². The van der Waals surface area contributed by atoms with Crippen molar-refractivity contribution in [2.75, 3.05) is 18.5 Å². The summed E-state index contributed by atoms with van der Waals surface area (Å²) in [6, 6.07) is 0. The van der Waals surface area contributed by atoms with E-state index in [1.165, 1.54) is 17.2 Å². The van der Waals surface area contributed by atoms with Gasteiger partial charge in [-0.25, -0.2) is 15.0 Å². The van der Waals surface area contributed by atoms with Crippen LogP contribution in [0, 0.1) is 0 Å². The lowest BCUT2D eigenvalue weighted by atomic mass is 9.93. The highest BCUT2D eigenvalue weighted by atomic mass is 31.2. The number of aromatic nitrogens is 4. The predicted octanol–water partition coefficient (Wildman–Crippen LogP) is -1.01. The van der Waals surface area contributed by atoms with Crippen LogP contribution in [0.2, 0.25) is 0 Å². The molecule has 3 heterocycles. The molecule has 12 heteroatoms. The van der Waals surface area contributed by atoms with Crippen molar-refractivity contribution >= 4 is 24.6 Å². The number of anilines is 1. The molecular weight excluding hydrogens is 341 g/mol. The number of nitrogens with two attached hydrogens (primary N) is 1. The molecule has 132 valence electrons. The first kappa shape index (κ1) is 17.2. The normalized spacial score (nSPS) is 27.8. The third-order valence-electron chi connectivity index (χ3n) is 4.05. The van der Waals surface area contributed by atoms with Crippen molar-refractivity contribution in [3.63, 3.8) is 0 Å². The Kier molecular flexibility index (Phi) is 4.32. The highest BCUT2D eigenvalue weighted by molar-refractivity contribution is 7.51. The lowest BCUT2D eigenvalue weighted by Crippen LogP contribution is -2.42. The Bertz CT molecular complexity index is 793. The average Bonchev–Trinajstić information content (AvgIpc) is 3.02. The van der Waals surface area contributed by atoms with Crippen LogP contribution in [0.4, 0.5) is 5.82 Å². The second-order valence-electron chi connectivity index (χ2n) is 5.82. The van der Waals surface area contributed by atoms with Gasteiger partial charge < -0.3 is 30.5 Å². The Morgan fingerprint density at radius 3 is 2.88 bits per heavy atom. The van der Waals surface area contributed by atoms with Crippen molar-refractivity contribution in [3.05, 3.63) is 12.7 Å². The maximum Gasteiger partial charge on any atom is 0.325 e. The summed E-state index contributed by atoms with van der Waals surface area (Å²) in [4.78, 5) is 29.7. The molecule has 1 saturated heterocycles. The number of hydrogen-bond acceptors (Lipinski definition) is 8. The van der Waals surface area contributed by atoms with Crippen LogP contribution in [0.5, 0.6) is 0 Å².